The lowest BCUT2D eigenvalue weighted by Gasteiger charge is -2.14. The van der Waals surface area contributed by atoms with Gasteiger partial charge >= 0.3 is 5.97 Å². The molecule has 1 N–H and O–H groups in total. The molecule has 0 spiro atoms. The number of benzene rings is 2. The summed E-state index contributed by atoms with van der Waals surface area (Å²) in [5.74, 6) is 0.249. The average Bonchev–Trinajstić information content (AvgIpc) is 3.21. The number of methoxy groups -OCH3 is 3. The molecule has 1 amide bonds. The van der Waals surface area contributed by atoms with Gasteiger partial charge < -0.3 is 24.3 Å². The van der Waals surface area contributed by atoms with Crippen molar-refractivity contribution in [2.45, 2.75) is 6.42 Å². The summed E-state index contributed by atoms with van der Waals surface area (Å²) in [6.07, 6.45) is -0.0599. The predicted molar refractivity (Wildman–Crippen MR) is 107 cm³/mol. The average molecular weight is 417 g/mol. The van der Waals surface area contributed by atoms with Gasteiger partial charge in [-0.3, -0.25) is 9.59 Å². The Bertz CT molecular complexity index is 1010. The molecule has 3 rings (SSSR count). The molecule has 2 aromatic carbocycles. The molecule has 0 aliphatic heterocycles. The van der Waals surface area contributed by atoms with E-state index in [2.05, 4.69) is 14.1 Å². The minimum Gasteiger partial charge on any atom is -0.493 e. The van der Waals surface area contributed by atoms with Crippen molar-refractivity contribution >= 4 is 40.3 Å². The van der Waals surface area contributed by atoms with E-state index < -0.39 is 18.5 Å². The summed E-state index contributed by atoms with van der Waals surface area (Å²) in [5, 5.41) is 2.67. The monoisotopic (exact) mass is 417 g/mol. The van der Waals surface area contributed by atoms with Crippen LogP contribution in [0.1, 0.15) is 5.56 Å². The Labute approximate surface area is 170 Å². The molecule has 0 fully saturated rings. The second-order valence-electron chi connectivity index (χ2n) is 5.86. The summed E-state index contributed by atoms with van der Waals surface area (Å²) >= 11 is 1.06. The maximum Gasteiger partial charge on any atom is 0.310 e. The molecule has 0 unspecified atom stereocenters. The first kappa shape index (κ1) is 20.3. The van der Waals surface area contributed by atoms with Gasteiger partial charge in [0.15, 0.2) is 18.1 Å². The number of nitrogens with zero attached hydrogens (tertiary/aromatic N) is 2. The number of amides is 1. The molecule has 0 atom stereocenters. The second kappa shape index (κ2) is 9.20. The van der Waals surface area contributed by atoms with Gasteiger partial charge in [-0.2, -0.15) is 8.75 Å². The fourth-order valence-corrected chi connectivity index (χ4v) is 3.24. The van der Waals surface area contributed by atoms with Crippen molar-refractivity contribution in [1.29, 1.82) is 0 Å². The normalized spacial score (nSPS) is 10.4. The van der Waals surface area contributed by atoms with Crippen LogP contribution in [0.4, 0.5) is 5.69 Å². The van der Waals surface area contributed by atoms with Gasteiger partial charge in [0.25, 0.3) is 5.91 Å². The molecule has 29 heavy (non-hydrogen) atoms. The van der Waals surface area contributed by atoms with E-state index in [1.807, 2.05) is 0 Å². The maximum atomic E-state index is 12.2. The Morgan fingerprint density at radius 2 is 1.76 bits per heavy atom. The van der Waals surface area contributed by atoms with Crippen LogP contribution in [-0.2, 0) is 20.7 Å². The number of esters is 1. The van der Waals surface area contributed by atoms with Crippen molar-refractivity contribution in [2.75, 3.05) is 33.3 Å². The molecule has 3 aromatic rings. The van der Waals surface area contributed by atoms with Crippen LogP contribution in [0, 0.1) is 0 Å². The van der Waals surface area contributed by atoms with Gasteiger partial charge in [0.05, 0.1) is 45.2 Å². The predicted octanol–water partition coefficient (Wildman–Crippen LogP) is 2.44. The highest BCUT2D eigenvalue weighted by atomic mass is 32.1. The fraction of sp³-hybridized carbons (Fsp3) is 0.263. The lowest BCUT2D eigenvalue weighted by Crippen LogP contribution is -2.21. The van der Waals surface area contributed by atoms with Crippen LogP contribution in [-0.4, -0.2) is 48.6 Å². The Balaban J connectivity index is 1.60. The number of hydrogen-bond donors (Lipinski definition) is 1. The van der Waals surface area contributed by atoms with E-state index in [0.717, 1.165) is 11.7 Å². The molecule has 152 valence electrons. The van der Waals surface area contributed by atoms with Gasteiger partial charge in [0.2, 0.25) is 5.75 Å². The number of fused-ring (bicyclic) bond motifs is 1. The molecule has 0 bridgehead atoms. The summed E-state index contributed by atoms with van der Waals surface area (Å²) in [5.41, 5.74) is 2.40. The number of hydrogen-bond acceptors (Lipinski definition) is 9. The smallest absolute Gasteiger partial charge is 0.310 e. The van der Waals surface area contributed by atoms with Crippen LogP contribution in [0.3, 0.4) is 0 Å². The lowest BCUT2D eigenvalue weighted by atomic mass is 10.1. The summed E-state index contributed by atoms with van der Waals surface area (Å²) in [4.78, 5) is 24.3. The highest BCUT2D eigenvalue weighted by molar-refractivity contribution is 7.00. The highest BCUT2D eigenvalue weighted by Crippen LogP contribution is 2.38. The zero-order valence-electron chi connectivity index (χ0n) is 16.1. The quantitative estimate of drug-likeness (QED) is 0.557. The second-order valence-corrected chi connectivity index (χ2v) is 6.39. The van der Waals surface area contributed by atoms with Crippen LogP contribution < -0.4 is 19.5 Å². The molecular formula is C19H19N3O6S. The molecule has 0 saturated heterocycles. The lowest BCUT2D eigenvalue weighted by molar-refractivity contribution is -0.146. The zero-order chi connectivity index (χ0) is 20.8. The summed E-state index contributed by atoms with van der Waals surface area (Å²) in [6.45, 7) is -0.419. The fourth-order valence-electron chi connectivity index (χ4n) is 2.69. The van der Waals surface area contributed by atoms with E-state index in [4.69, 9.17) is 18.9 Å². The van der Waals surface area contributed by atoms with Crippen molar-refractivity contribution in [3.05, 3.63) is 35.9 Å². The summed E-state index contributed by atoms with van der Waals surface area (Å²) in [7, 11) is 4.47. The summed E-state index contributed by atoms with van der Waals surface area (Å²) < 4.78 is 29.1. The largest absolute Gasteiger partial charge is 0.493 e. The minimum atomic E-state index is -0.567. The standard InChI is InChI=1S/C19H19N3O6S/c1-25-14-7-11(8-15(26-2)19(14)27-3)9-17(24)28-10-16(23)20-12-5-4-6-13-18(12)22-29-21-13/h4-8H,9-10H2,1-3H3,(H,20,23). The Morgan fingerprint density at radius 1 is 1.03 bits per heavy atom. The first-order chi connectivity index (χ1) is 14.0. The topological polar surface area (TPSA) is 109 Å². The molecule has 1 aromatic heterocycles. The van der Waals surface area contributed by atoms with Gasteiger partial charge in [-0.05, 0) is 29.8 Å². The van der Waals surface area contributed by atoms with Gasteiger partial charge in [-0.1, -0.05) is 6.07 Å². The number of rotatable bonds is 8. The van der Waals surface area contributed by atoms with Crippen LogP contribution >= 0.6 is 11.7 Å². The minimum absolute atomic E-state index is 0.0599. The van der Waals surface area contributed by atoms with Crippen molar-refractivity contribution < 1.29 is 28.5 Å². The molecule has 0 aliphatic rings. The van der Waals surface area contributed by atoms with E-state index in [-0.39, 0.29) is 6.42 Å². The van der Waals surface area contributed by atoms with E-state index in [1.165, 1.54) is 21.3 Å². The van der Waals surface area contributed by atoms with Crippen LogP contribution in [0.25, 0.3) is 11.0 Å². The number of carbonyl (C=O) groups is 2. The Kier molecular flexibility index (Phi) is 6.45. The van der Waals surface area contributed by atoms with E-state index >= 15 is 0 Å². The third kappa shape index (κ3) is 4.72. The maximum absolute atomic E-state index is 12.2. The number of nitrogens with one attached hydrogen (secondary N) is 1. The van der Waals surface area contributed by atoms with E-state index in [1.54, 1.807) is 30.3 Å². The molecule has 1 heterocycles. The van der Waals surface area contributed by atoms with Gasteiger partial charge in [-0.25, -0.2) is 0 Å². The first-order valence-electron chi connectivity index (χ1n) is 8.51. The van der Waals surface area contributed by atoms with E-state index in [0.29, 0.717) is 39.5 Å². The van der Waals surface area contributed by atoms with Crippen LogP contribution in [0.15, 0.2) is 30.3 Å². The van der Waals surface area contributed by atoms with Crippen molar-refractivity contribution in [3.63, 3.8) is 0 Å². The molecule has 9 nitrogen and oxygen atoms in total. The van der Waals surface area contributed by atoms with E-state index in [9.17, 15) is 9.59 Å². The molecule has 0 saturated carbocycles. The van der Waals surface area contributed by atoms with Crippen LogP contribution in [0.2, 0.25) is 0 Å². The molecule has 0 aliphatic carbocycles. The summed E-state index contributed by atoms with van der Waals surface area (Å²) in [6, 6.07) is 8.57. The third-order valence-corrected chi connectivity index (χ3v) is 4.54. The third-order valence-electron chi connectivity index (χ3n) is 4.00. The zero-order valence-corrected chi connectivity index (χ0v) is 16.9. The van der Waals surface area contributed by atoms with Gasteiger partial charge in [0, 0.05) is 0 Å². The number of carbonyl (C=O) groups excluding carboxylic acids is 2. The molecular weight excluding hydrogens is 398 g/mol. The van der Waals surface area contributed by atoms with Gasteiger partial charge in [-0.15, -0.1) is 0 Å². The first-order valence-corrected chi connectivity index (χ1v) is 9.24. The Morgan fingerprint density at radius 3 is 2.41 bits per heavy atom. The SMILES string of the molecule is COc1cc(CC(=O)OCC(=O)Nc2cccc3nsnc23)cc(OC)c1OC. The van der Waals surface area contributed by atoms with Crippen molar-refractivity contribution in [3.8, 4) is 17.2 Å². The van der Waals surface area contributed by atoms with Crippen LogP contribution in [0.5, 0.6) is 17.2 Å². The number of anilines is 1. The Hall–Kier alpha value is -3.40. The highest BCUT2D eigenvalue weighted by Gasteiger charge is 2.16. The van der Waals surface area contributed by atoms with Gasteiger partial charge in [0.1, 0.15) is 11.0 Å². The molecule has 10 heteroatoms. The number of aromatic nitrogens is 2. The molecule has 0 radical (unpaired) electrons. The van der Waals surface area contributed by atoms with Crippen molar-refractivity contribution in [1.82, 2.24) is 8.75 Å². The van der Waals surface area contributed by atoms with Crippen molar-refractivity contribution in [2.24, 2.45) is 0 Å². The number of ether oxygens (including phenoxy) is 4.